The SMILES string of the molecule is Cc1ccc(Cl)cc1N1CCC(CCN)CC1. The van der Waals surface area contributed by atoms with Gasteiger partial charge >= 0.3 is 0 Å². The summed E-state index contributed by atoms with van der Waals surface area (Å²) in [7, 11) is 0. The maximum Gasteiger partial charge on any atom is 0.0426 e. The van der Waals surface area contributed by atoms with E-state index in [0.717, 1.165) is 30.6 Å². The fourth-order valence-corrected chi connectivity index (χ4v) is 2.79. The molecule has 0 atom stereocenters. The second-order valence-electron chi connectivity index (χ2n) is 4.94. The third kappa shape index (κ3) is 3.14. The zero-order valence-corrected chi connectivity index (χ0v) is 11.2. The fourth-order valence-electron chi connectivity index (χ4n) is 2.62. The van der Waals surface area contributed by atoms with E-state index in [1.54, 1.807) is 0 Å². The number of anilines is 1. The highest BCUT2D eigenvalue weighted by molar-refractivity contribution is 6.30. The lowest BCUT2D eigenvalue weighted by atomic mass is 9.93. The third-order valence-corrected chi connectivity index (χ3v) is 3.94. The normalized spacial score (nSPS) is 17.5. The molecule has 1 aliphatic heterocycles. The van der Waals surface area contributed by atoms with E-state index in [0.29, 0.717) is 0 Å². The summed E-state index contributed by atoms with van der Waals surface area (Å²) < 4.78 is 0. The first-order valence-electron chi connectivity index (χ1n) is 6.42. The van der Waals surface area contributed by atoms with Gasteiger partial charge in [-0.3, -0.25) is 0 Å². The number of nitrogens with two attached hydrogens (primary N) is 1. The molecule has 1 aliphatic rings. The van der Waals surface area contributed by atoms with Crippen LogP contribution in [0.15, 0.2) is 18.2 Å². The van der Waals surface area contributed by atoms with Crippen LogP contribution in [0.1, 0.15) is 24.8 Å². The van der Waals surface area contributed by atoms with Gasteiger partial charge in [-0.15, -0.1) is 0 Å². The standard InChI is InChI=1S/C14H21ClN2/c1-11-2-3-13(15)10-14(11)17-8-5-12(4-7-16)6-9-17/h2-3,10,12H,4-9,16H2,1H3. The van der Waals surface area contributed by atoms with Gasteiger partial charge in [-0.2, -0.15) is 0 Å². The van der Waals surface area contributed by atoms with Crippen LogP contribution in [0.3, 0.4) is 0 Å². The van der Waals surface area contributed by atoms with E-state index < -0.39 is 0 Å². The van der Waals surface area contributed by atoms with Crippen LogP contribution >= 0.6 is 11.6 Å². The Bertz CT molecular complexity index is 370. The lowest BCUT2D eigenvalue weighted by Crippen LogP contribution is -2.34. The summed E-state index contributed by atoms with van der Waals surface area (Å²) in [5.41, 5.74) is 8.22. The molecule has 3 heteroatoms. The van der Waals surface area contributed by atoms with E-state index >= 15 is 0 Å². The van der Waals surface area contributed by atoms with E-state index in [1.165, 1.54) is 30.5 Å². The molecule has 0 unspecified atom stereocenters. The van der Waals surface area contributed by atoms with Gasteiger partial charge in [0.1, 0.15) is 0 Å². The zero-order chi connectivity index (χ0) is 12.3. The Hall–Kier alpha value is -0.730. The van der Waals surface area contributed by atoms with Gasteiger partial charge in [0.05, 0.1) is 0 Å². The number of halogens is 1. The summed E-state index contributed by atoms with van der Waals surface area (Å²) in [6.45, 7) is 5.23. The highest BCUT2D eigenvalue weighted by Crippen LogP contribution is 2.29. The van der Waals surface area contributed by atoms with Gasteiger partial charge in [0.2, 0.25) is 0 Å². The van der Waals surface area contributed by atoms with Gasteiger partial charge in [-0.05, 0) is 56.3 Å². The molecule has 1 fully saturated rings. The quantitative estimate of drug-likeness (QED) is 0.895. The Kier molecular flexibility index (Phi) is 4.30. The molecule has 2 N–H and O–H groups in total. The number of nitrogens with zero attached hydrogens (tertiary/aromatic N) is 1. The Labute approximate surface area is 109 Å². The predicted molar refractivity (Wildman–Crippen MR) is 74.8 cm³/mol. The Morgan fingerprint density at radius 2 is 2.06 bits per heavy atom. The molecular formula is C14H21ClN2. The van der Waals surface area contributed by atoms with Crippen molar-refractivity contribution in [2.75, 3.05) is 24.5 Å². The monoisotopic (exact) mass is 252 g/mol. The number of hydrogen-bond acceptors (Lipinski definition) is 2. The summed E-state index contributed by atoms with van der Waals surface area (Å²) in [5.74, 6) is 0.816. The van der Waals surface area contributed by atoms with Crippen LogP contribution < -0.4 is 10.6 Å². The molecule has 0 spiro atoms. The van der Waals surface area contributed by atoms with Gasteiger partial charge in [0.15, 0.2) is 0 Å². The van der Waals surface area contributed by atoms with Gasteiger partial charge in [-0.1, -0.05) is 17.7 Å². The molecule has 1 aromatic carbocycles. The summed E-state index contributed by atoms with van der Waals surface area (Å²) >= 11 is 6.07. The lowest BCUT2D eigenvalue weighted by Gasteiger charge is -2.34. The smallest absolute Gasteiger partial charge is 0.0426 e. The topological polar surface area (TPSA) is 29.3 Å². The van der Waals surface area contributed by atoms with Crippen molar-refractivity contribution in [3.05, 3.63) is 28.8 Å². The first-order valence-corrected chi connectivity index (χ1v) is 6.79. The van der Waals surface area contributed by atoms with Crippen LogP contribution in [0, 0.1) is 12.8 Å². The molecule has 1 heterocycles. The Morgan fingerprint density at radius 3 is 2.71 bits per heavy atom. The van der Waals surface area contributed by atoms with Crippen molar-refractivity contribution in [1.29, 1.82) is 0 Å². The fraction of sp³-hybridized carbons (Fsp3) is 0.571. The number of aryl methyl sites for hydroxylation is 1. The van der Waals surface area contributed by atoms with Crippen molar-refractivity contribution in [2.45, 2.75) is 26.2 Å². The van der Waals surface area contributed by atoms with Crippen molar-refractivity contribution < 1.29 is 0 Å². The minimum Gasteiger partial charge on any atom is -0.371 e. The molecular weight excluding hydrogens is 232 g/mol. The zero-order valence-electron chi connectivity index (χ0n) is 10.5. The minimum absolute atomic E-state index is 0.816. The molecule has 0 bridgehead atoms. The average Bonchev–Trinajstić information content (AvgIpc) is 2.34. The average molecular weight is 253 g/mol. The maximum absolute atomic E-state index is 6.07. The Balaban J connectivity index is 2.02. The molecule has 94 valence electrons. The van der Waals surface area contributed by atoms with Crippen molar-refractivity contribution >= 4 is 17.3 Å². The molecule has 0 radical (unpaired) electrons. The van der Waals surface area contributed by atoms with E-state index in [-0.39, 0.29) is 0 Å². The number of rotatable bonds is 3. The van der Waals surface area contributed by atoms with E-state index in [4.69, 9.17) is 17.3 Å². The summed E-state index contributed by atoms with van der Waals surface area (Å²) in [5, 5.41) is 0.828. The predicted octanol–water partition coefficient (Wildman–Crippen LogP) is 3.21. The van der Waals surface area contributed by atoms with Crippen LogP contribution in [-0.4, -0.2) is 19.6 Å². The van der Waals surface area contributed by atoms with Gasteiger partial charge in [0, 0.05) is 23.8 Å². The van der Waals surface area contributed by atoms with Crippen LogP contribution in [0.5, 0.6) is 0 Å². The van der Waals surface area contributed by atoms with Gasteiger partial charge in [0.25, 0.3) is 0 Å². The first kappa shape index (κ1) is 12.7. The molecule has 2 nitrogen and oxygen atoms in total. The van der Waals surface area contributed by atoms with Crippen molar-refractivity contribution in [1.82, 2.24) is 0 Å². The van der Waals surface area contributed by atoms with Crippen molar-refractivity contribution in [3.8, 4) is 0 Å². The highest BCUT2D eigenvalue weighted by Gasteiger charge is 2.19. The molecule has 1 aromatic rings. The third-order valence-electron chi connectivity index (χ3n) is 3.70. The van der Waals surface area contributed by atoms with Crippen LogP contribution in [0.4, 0.5) is 5.69 Å². The largest absolute Gasteiger partial charge is 0.371 e. The number of piperidine rings is 1. The maximum atomic E-state index is 6.07. The Morgan fingerprint density at radius 1 is 1.35 bits per heavy atom. The molecule has 0 aromatic heterocycles. The summed E-state index contributed by atoms with van der Waals surface area (Å²) in [4.78, 5) is 2.45. The molecule has 2 rings (SSSR count). The number of benzene rings is 1. The summed E-state index contributed by atoms with van der Waals surface area (Å²) in [6.07, 6.45) is 3.68. The molecule has 0 amide bonds. The van der Waals surface area contributed by atoms with E-state index in [9.17, 15) is 0 Å². The van der Waals surface area contributed by atoms with Crippen LogP contribution in [0.25, 0.3) is 0 Å². The lowest BCUT2D eigenvalue weighted by molar-refractivity contribution is 0.386. The molecule has 0 aliphatic carbocycles. The second kappa shape index (κ2) is 5.74. The van der Waals surface area contributed by atoms with E-state index in [2.05, 4.69) is 24.0 Å². The molecule has 1 saturated heterocycles. The van der Waals surface area contributed by atoms with Gasteiger partial charge < -0.3 is 10.6 Å². The molecule has 17 heavy (non-hydrogen) atoms. The highest BCUT2D eigenvalue weighted by atomic mass is 35.5. The minimum atomic E-state index is 0.816. The summed E-state index contributed by atoms with van der Waals surface area (Å²) in [6, 6.07) is 6.14. The van der Waals surface area contributed by atoms with E-state index in [1.807, 2.05) is 6.07 Å². The van der Waals surface area contributed by atoms with Crippen LogP contribution in [0.2, 0.25) is 5.02 Å². The van der Waals surface area contributed by atoms with Crippen LogP contribution in [-0.2, 0) is 0 Å². The van der Waals surface area contributed by atoms with Crippen molar-refractivity contribution in [2.24, 2.45) is 11.7 Å². The van der Waals surface area contributed by atoms with Gasteiger partial charge in [-0.25, -0.2) is 0 Å². The van der Waals surface area contributed by atoms with Crippen molar-refractivity contribution in [3.63, 3.8) is 0 Å². The molecule has 0 saturated carbocycles. The second-order valence-corrected chi connectivity index (χ2v) is 5.38. The first-order chi connectivity index (χ1) is 8.20. The number of hydrogen-bond donors (Lipinski definition) is 1.